The molecule has 2 aromatic rings. The van der Waals surface area contributed by atoms with Crippen molar-refractivity contribution in [1.29, 1.82) is 0 Å². The van der Waals surface area contributed by atoms with Crippen molar-refractivity contribution >= 4 is 12.0 Å². The van der Waals surface area contributed by atoms with E-state index < -0.39 is 6.10 Å². The van der Waals surface area contributed by atoms with Crippen LogP contribution in [-0.4, -0.2) is 56.0 Å². The van der Waals surface area contributed by atoms with Gasteiger partial charge in [0.15, 0.2) is 0 Å². The van der Waals surface area contributed by atoms with E-state index in [4.69, 9.17) is 4.74 Å². The third kappa shape index (κ3) is 4.49. The maximum Gasteiger partial charge on any atom is 0.246 e. The van der Waals surface area contributed by atoms with Crippen molar-refractivity contribution in [3.8, 4) is 5.75 Å². The van der Waals surface area contributed by atoms with E-state index >= 15 is 0 Å². The minimum Gasteiger partial charge on any atom is -0.486 e. The van der Waals surface area contributed by atoms with Gasteiger partial charge in [-0.05, 0) is 31.6 Å². The molecule has 26 heavy (non-hydrogen) atoms. The fourth-order valence-corrected chi connectivity index (χ4v) is 2.98. The van der Waals surface area contributed by atoms with Gasteiger partial charge in [-0.2, -0.15) is 5.10 Å². The van der Waals surface area contributed by atoms with Crippen LogP contribution < -0.4 is 4.74 Å². The summed E-state index contributed by atoms with van der Waals surface area (Å²) < 4.78 is 7.65. The van der Waals surface area contributed by atoms with Crippen LogP contribution in [0.5, 0.6) is 5.75 Å². The zero-order valence-corrected chi connectivity index (χ0v) is 15.1. The molecule has 7 nitrogen and oxygen atoms in total. The molecule has 2 atom stereocenters. The minimum atomic E-state index is -0.616. The highest BCUT2D eigenvalue weighted by Crippen LogP contribution is 2.21. The molecule has 138 valence electrons. The number of amides is 1. The first kappa shape index (κ1) is 18.1. The highest BCUT2D eigenvalue weighted by atomic mass is 16.5. The molecule has 0 saturated carbocycles. The Labute approximate surface area is 152 Å². The highest BCUT2D eigenvalue weighted by Gasteiger charge is 2.28. The minimum absolute atomic E-state index is 0.0701. The van der Waals surface area contributed by atoms with Crippen LogP contribution in [-0.2, 0) is 11.8 Å². The SMILES string of the molecule is Cc1ncccc1O[C@H]1CCN(C(=O)/C=C/c2cnn(C)c2)CC[C@@H]1O. The summed E-state index contributed by atoms with van der Waals surface area (Å²) in [6, 6.07) is 3.66. The Bertz CT molecular complexity index is 787. The number of hydrogen-bond acceptors (Lipinski definition) is 5. The van der Waals surface area contributed by atoms with Crippen molar-refractivity contribution in [1.82, 2.24) is 19.7 Å². The monoisotopic (exact) mass is 356 g/mol. The molecular formula is C19H24N4O3. The van der Waals surface area contributed by atoms with Gasteiger partial charge in [0.05, 0.1) is 18.0 Å². The van der Waals surface area contributed by atoms with Crippen molar-refractivity contribution in [2.24, 2.45) is 7.05 Å². The average molecular weight is 356 g/mol. The predicted octanol–water partition coefficient (Wildman–Crippen LogP) is 1.57. The third-order valence-electron chi connectivity index (χ3n) is 4.50. The van der Waals surface area contributed by atoms with Crippen LogP contribution in [0, 0.1) is 6.92 Å². The van der Waals surface area contributed by atoms with Crippen LogP contribution in [0.25, 0.3) is 6.08 Å². The van der Waals surface area contributed by atoms with Gasteiger partial charge < -0.3 is 14.7 Å². The van der Waals surface area contributed by atoms with Crippen molar-refractivity contribution in [3.05, 3.63) is 48.1 Å². The first-order chi connectivity index (χ1) is 12.5. The largest absolute Gasteiger partial charge is 0.486 e. The molecule has 0 radical (unpaired) electrons. The molecule has 7 heteroatoms. The number of hydrogen-bond donors (Lipinski definition) is 1. The number of rotatable bonds is 4. The summed E-state index contributed by atoms with van der Waals surface area (Å²) in [4.78, 5) is 18.4. The van der Waals surface area contributed by atoms with E-state index in [-0.39, 0.29) is 12.0 Å². The number of aryl methyl sites for hydroxylation is 2. The number of aromatic nitrogens is 3. The number of likely N-dealkylation sites (tertiary alicyclic amines) is 1. The zero-order chi connectivity index (χ0) is 18.5. The number of nitrogens with zero attached hydrogens (tertiary/aromatic N) is 4. The average Bonchev–Trinajstić information content (AvgIpc) is 2.96. The lowest BCUT2D eigenvalue weighted by atomic mass is 10.1. The van der Waals surface area contributed by atoms with Crippen LogP contribution in [0.1, 0.15) is 24.1 Å². The second-order valence-electron chi connectivity index (χ2n) is 6.49. The van der Waals surface area contributed by atoms with Gasteiger partial charge in [-0.1, -0.05) is 0 Å². The van der Waals surface area contributed by atoms with Gasteiger partial charge in [0, 0.05) is 50.6 Å². The van der Waals surface area contributed by atoms with Crippen molar-refractivity contribution < 1.29 is 14.6 Å². The maximum atomic E-state index is 12.4. The Balaban J connectivity index is 1.60. The fraction of sp³-hybridized carbons (Fsp3) is 0.421. The molecule has 0 aliphatic carbocycles. The molecule has 1 aliphatic rings. The molecule has 1 aliphatic heterocycles. The zero-order valence-electron chi connectivity index (χ0n) is 15.1. The summed E-state index contributed by atoms with van der Waals surface area (Å²) in [7, 11) is 1.83. The fourth-order valence-electron chi connectivity index (χ4n) is 2.98. The van der Waals surface area contributed by atoms with Gasteiger partial charge in [-0.25, -0.2) is 0 Å². The lowest BCUT2D eigenvalue weighted by Crippen LogP contribution is -2.32. The van der Waals surface area contributed by atoms with Crippen LogP contribution in [0.2, 0.25) is 0 Å². The van der Waals surface area contributed by atoms with Crippen molar-refractivity contribution in [2.45, 2.75) is 32.0 Å². The summed E-state index contributed by atoms with van der Waals surface area (Å²) in [5, 5.41) is 14.5. The van der Waals surface area contributed by atoms with E-state index in [1.54, 1.807) is 34.1 Å². The van der Waals surface area contributed by atoms with Gasteiger partial charge in [0.2, 0.25) is 5.91 Å². The smallest absolute Gasteiger partial charge is 0.246 e. The van der Waals surface area contributed by atoms with Gasteiger partial charge in [-0.3, -0.25) is 14.5 Å². The molecule has 0 aromatic carbocycles. The van der Waals surface area contributed by atoms with E-state index in [0.29, 0.717) is 31.7 Å². The van der Waals surface area contributed by atoms with Gasteiger partial charge >= 0.3 is 0 Å². The number of aliphatic hydroxyl groups excluding tert-OH is 1. The lowest BCUT2D eigenvalue weighted by Gasteiger charge is -2.22. The molecule has 2 aromatic heterocycles. The number of pyridine rings is 1. The van der Waals surface area contributed by atoms with E-state index in [2.05, 4.69) is 10.1 Å². The van der Waals surface area contributed by atoms with E-state index in [9.17, 15) is 9.90 Å². The van der Waals surface area contributed by atoms with E-state index in [1.165, 1.54) is 0 Å². The summed E-state index contributed by atoms with van der Waals surface area (Å²) >= 11 is 0. The summed E-state index contributed by atoms with van der Waals surface area (Å²) in [5.74, 6) is 0.604. The normalized spacial score (nSPS) is 21.0. The number of ether oxygens (including phenoxy) is 1. The van der Waals surface area contributed by atoms with Crippen LogP contribution in [0.4, 0.5) is 0 Å². The third-order valence-corrected chi connectivity index (χ3v) is 4.50. The van der Waals surface area contributed by atoms with Gasteiger partial charge in [0.1, 0.15) is 11.9 Å². The number of aliphatic hydroxyl groups is 1. The van der Waals surface area contributed by atoms with E-state index in [1.807, 2.05) is 32.3 Å². The lowest BCUT2D eigenvalue weighted by molar-refractivity contribution is -0.126. The number of carbonyl (C=O) groups is 1. The molecular weight excluding hydrogens is 332 g/mol. The molecule has 0 unspecified atom stereocenters. The molecule has 0 spiro atoms. The Hall–Kier alpha value is -2.67. The molecule has 1 fully saturated rings. The van der Waals surface area contributed by atoms with E-state index in [0.717, 1.165) is 11.3 Å². The Kier molecular flexibility index (Phi) is 5.68. The second-order valence-corrected chi connectivity index (χ2v) is 6.49. The maximum absolute atomic E-state index is 12.4. The quantitative estimate of drug-likeness (QED) is 0.841. The molecule has 1 N–H and O–H groups in total. The standard InChI is InChI=1S/C19H24N4O3/c1-14-17(4-3-9-20-14)26-18-8-11-23(10-7-16(18)24)19(25)6-5-15-12-21-22(2)13-15/h3-6,9,12-13,16,18,24H,7-8,10-11H2,1-2H3/b6-5+/t16-,18-/m0/s1. The molecule has 0 bridgehead atoms. The summed E-state index contributed by atoms with van der Waals surface area (Å²) in [6.07, 6.45) is 8.65. The summed E-state index contributed by atoms with van der Waals surface area (Å²) in [5.41, 5.74) is 1.67. The van der Waals surface area contributed by atoms with Gasteiger partial charge in [0.25, 0.3) is 0 Å². The summed E-state index contributed by atoms with van der Waals surface area (Å²) in [6.45, 7) is 2.91. The molecule has 3 rings (SSSR count). The molecule has 1 saturated heterocycles. The topological polar surface area (TPSA) is 80.5 Å². The van der Waals surface area contributed by atoms with Crippen LogP contribution in [0.15, 0.2) is 36.8 Å². The first-order valence-corrected chi connectivity index (χ1v) is 8.75. The molecule has 1 amide bonds. The predicted molar refractivity (Wildman–Crippen MR) is 97.5 cm³/mol. The Morgan fingerprint density at radius 2 is 2.19 bits per heavy atom. The Morgan fingerprint density at radius 3 is 2.92 bits per heavy atom. The number of carbonyl (C=O) groups excluding carboxylic acids is 1. The highest BCUT2D eigenvalue weighted by molar-refractivity contribution is 5.91. The van der Waals surface area contributed by atoms with Gasteiger partial charge in [-0.15, -0.1) is 0 Å². The Morgan fingerprint density at radius 1 is 1.38 bits per heavy atom. The first-order valence-electron chi connectivity index (χ1n) is 8.75. The van der Waals surface area contributed by atoms with Crippen molar-refractivity contribution in [3.63, 3.8) is 0 Å². The van der Waals surface area contributed by atoms with Crippen LogP contribution >= 0.6 is 0 Å². The van der Waals surface area contributed by atoms with Crippen LogP contribution in [0.3, 0.4) is 0 Å². The second kappa shape index (κ2) is 8.14. The van der Waals surface area contributed by atoms with Crippen molar-refractivity contribution in [2.75, 3.05) is 13.1 Å². The molecule has 3 heterocycles.